The van der Waals surface area contributed by atoms with E-state index >= 15 is 0 Å². The van der Waals surface area contributed by atoms with E-state index in [2.05, 4.69) is 29.2 Å². The van der Waals surface area contributed by atoms with E-state index in [0.717, 1.165) is 25.9 Å². The second-order valence-corrected chi connectivity index (χ2v) is 12.9. The predicted octanol–water partition coefficient (Wildman–Crippen LogP) is 3.00. The summed E-state index contributed by atoms with van der Waals surface area (Å²) in [5, 5.41) is 9.53. The molecule has 2 N–H and O–H groups in total. The molecule has 0 saturated carbocycles. The van der Waals surface area contributed by atoms with Crippen molar-refractivity contribution in [3.05, 3.63) is 113 Å². The third-order valence-electron chi connectivity index (χ3n) is 5.36. The first-order valence-corrected chi connectivity index (χ1v) is 14.2. The Kier molecular flexibility index (Phi) is 5.42. The number of imidazole rings is 1. The van der Waals surface area contributed by atoms with Crippen LogP contribution in [0, 0.1) is 0 Å². The number of rotatable bonds is 5. The molecule has 2 aliphatic heterocycles. The van der Waals surface area contributed by atoms with Crippen molar-refractivity contribution in [3.63, 3.8) is 0 Å². The molecular formula is C25H19CdN3O2. The average molecular weight is 506 g/mol. The summed E-state index contributed by atoms with van der Waals surface area (Å²) in [5.41, 5.74) is 3.33. The van der Waals surface area contributed by atoms with Gasteiger partial charge in [0.2, 0.25) is 0 Å². The van der Waals surface area contributed by atoms with Gasteiger partial charge in [0.05, 0.1) is 0 Å². The van der Waals surface area contributed by atoms with Gasteiger partial charge >= 0.3 is 192 Å². The number of benzene rings is 3. The Morgan fingerprint density at radius 3 is 2.29 bits per heavy atom. The first-order chi connectivity index (χ1) is 15.2. The topological polar surface area (TPSA) is 70.9 Å². The summed E-state index contributed by atoms with van der Waals surface area (Å²) in [7, 11) is 0. The molecule has 2 heterocycles. The van der Waals surface area contributed by atoms with Crippen LogP contribution in [0.1, 0.15) is 11.3 Å². The molecule has 0 spiro atoms. The second-order valence-electron chi connectivity index (χ2n) is 7.58. The number of aromatic nitrogens is 3. The number of hydrogen-bond donors (Lipinski definition) is 2. The van der Waals surface area contributed by atoms with Crippen LogP contribution < -0.4 is 11.9 Å². The normalized spacial score (nSPS) is 10.8. The summed E-state index contributed by atoms with van der Waals surface area (Å²) >= 11 is -1.65. The van der Waals surface area contributed by atoms with E-state index in [4.69, 9.17) is 4.98 Å². The fourth-order valence-corrected chi connectivity index (χ4v) is 8.36. The van der Waals surface area contributed by atoms with Gasteiger partial charge in [0.1, 0.15) is 0 Å². The van der Waals surface area contributed by atoms with Gasteiger partial charge in [0.15, 0.2) is 0 Å². The Labute approximate surface area is 191 Å². The average Bonchev–Trinajstić information content (AvgIpc) is 3.12. The molecular weight excluding hydrogens is 487 g/mol. The van der Waals surface area contributed by atoms with Gasteiger partial charge in [-0.25, -0.2) is 0 Å². The van der Waals surface area contributed by atoms with Crippen molar-refractivity contribution in [2.75, 3.05) is 0 Å². The van der Waals surface area contributed by atoms with Gasteiger partial charge < -0.3 is 0 Å². The first kappa shape index (κ1) is 19.7. The molecule has 0 atom stereocenters. The monoisotopic (exact) mass is 507 g/mol. The van der Waals surface area contributed by atoms with Crippen LogP contribution in [0.3, 0.4) is 0 Å². The SMILES string of the molecule is O=c1c(Cc2ccc(O)cc2)nc2[c]([Cd][c]3ccccc3)[nH]c(-c3ccccc3)cn1-2. The fraction of sp³-hybridized carbons (Fsp3) is 0.0400. The predicted molar refractivity (Wildman–Crippen MR) is 117 cm³/mol. The molecule has 3 aromatic rings. The number of hydrogen-bond acceptors (Lipinski definition) is 3. The van der Waals surface area contributed by atoms with E-state index in [1.807, 2.05) is 54.7 Å². The maximum absolute atomic E-state index is 13.2. The van der Waals surface area contributed by atoms with E-state index in [9.17, 15) is 9.90 Å². The van der Waals surface area contributed by atoms with Crippen LogP contribution in [-0.2, 0) is 30.7 Å². The number of aromatic hydroxyl groups is 1. The number of nitrogens with zero attached hydrogens (tertiary/aromatic N) is 2. The quantitative estimate of drug-likeness (QED) is 0.361. The summed E-state index contributed by atoms with van der Waals surface area (Å²) in [6, 6.07) is 27.4. The van der Waals surface area contributed by atoms with Gasteiger partial charge in [-0.1, -0.05) is 0 Å². The summed E-state index contributed by atoms with van der Waals surface area (Å²) in [5.74, 6) is 0.945. The fourth-order valence-electron chi connectivity index (χ4n) is 3.79. The van der Waals surface area contributed by atoms with Crippen molar-refractivity contribution in [2.45, 2.75) is 6.42 Å². The van der Waals surface area contributed by atoms with Crippen molar-refractivity contribution in [1.29, 1.82) is 0 Å². The molecule has 0 saturated heterocycles. The van der Waals surface area contributed by atoms with Crippen LogP contribution >= 0.6 is 0 Å². The van der Waals surface area contributed by atoms with Gasteiger partial charge in [-0.15, -0.1) is 0 Å². The Balaban J connectivity index is 1.63. The molecule has 0 unspecified atom stereocenters. The molecule has 5 nitrogen and oxygen atoms in total. The summed E-state index contributed by atoms with van der Waals surface area (Å²) < 4.78 is 4.15. The molecule has 5 rings (SSSR count). The van der Waals surface area contributed by atoms with E-state index in [1.165, 1.54) is 3.12 Å². The number of phenolic OH excluding ortho intramolecular Hbond substituents is 1. The molecule has 0 radical (unpaired) electrons. The molecule has 3 aromatic carbocycles. The van der Waals surface area contributed by atoms with Gasteiger partial charge in [-0.2, -0.15) is 0 Å². The number of nitrogens with one attached hydrogen (secondary N) is 1. The van der Waals surface area contributed by atoms with Crippen molar-refractivity contribution >= 4 is 6.38 Å². The van der Waals surface area contributed by atoms with Crippen molar-refractivity contribution in [3.8, 4) is 22.8 Å². The van der Waals surface area contributed by atoms with E-state index < -0.39 is 24.2 Å². The number of fused-ring (bicyclic) bond motifs is 1. The van der Waals surface area contributed by atoms with Crippen LogP contribution in [0.25, 0.3) is 17.1 Å². The van der Waals surface area contributed by atoms with Gasteiger partial charge in [0.25, 0.3) is 0 Å². The van der Waals surface area contributed by atoms with Crippen LogP contribution in [0.2, 0.25) is 0 Å². The molecule has 0 fully saturated rings. The Morgan fingerprint density at radius 1 is 0.903 bits per heavy atom. The number of aromatic amines is 1. The summed E-state index contributed by atoms with van der Waals surface area (Å²) in [6.07, 6.45) is 2.29. The van der Waals surface area contributed by atoms with Gasteiger partial charge in [-0.05, 0) is 0 Å². The molecule has 31 heavy (non-hydrogen) atoms. The summed E-state index contributed by atoms with van der Waals surface area (Å²) in [4.78, 5) is 21.6. The molecule has 148 valence electrons. The molecule has 0 aromatic heterocycles. The zero-order chi connectivity index (χ0) is 21.2. The minimum absolute atomic E-state index is 0.0881. The van der Waals surface area contributed by atoms with Crippen LogP contribution in [0.15, 0.2) is 95.9 Å². The van der Waals surface area contributed by atoms with E-state index in [-0.39, 0.29) is 11.3 Å². The third-order valence-corrected chi connectivity index (χ3v) is 10.3. The van der Waals surface area contributed by atoms with E-state index in [1.54, 1.807) is 16.7 Å². The molecule has 0 bridgehead atoms. The van der Waals surface area contributed by atoms with E-state index in [0.29, 0.717) is 12.1 Å². The van der Waals surface area contributed by atoms with Gasteiger partial charge in [0, 0.05) is 0 Å². The van der Waals surface area contributed by atoms with Crippen molar-refractivity contribution in [2.24, 2.45) is 0 Å². The second kappa shape index (κ2) is 8.51. The maximum atomic E-state index is 13.2. The van der Waals surface area contributed by atoms with Crippen molar-refractivity contribution in [1.82, 2.24) is 14.5 Å². The van der Waals surface area contributed by atoms with Crippen molar-refractivity contribution < 1.29 is 29.3 Å². The standard InChI is InChI=1S/C19H14N3O2.C6H5.Cd/c23-15-8-6-13(7-9-15)10-16-19(24)22-12-17(20-11-18(22)21-16)14-4-2-1-3-5-14;1-2-4-6-5-3-1;/h1-9,12,20,23H,10H2;1-5H;. The molecule has 0 aliphatic carbocycles. The molecule has 2 aliphatic rings. The third kappa shape index (κ3) is 4.18. The minimum atomic E-state index is -1.65. The summed E-state index contributed by atoms with van der Waals surface area (Å²) in [6.45, 7) is 0. The van der Waals surface area contributed by atoms with Crippen LogP contribution in [-0.4, -0.2) is 19.6 Å². The number of phenols is 1. The zero-order valence-electron chi connectivity index (χ0n) is 16.8. The zero-order valence-corrected chi connectivity index (χ0v) is 20.9. The van der Waals surface area contributed by atoms with Crippen LogP contribution in [0.5, 0.6) is 5.75 Å². The molecule has 0 amide bonds. The first-order valence-electron chi connectivity index (χ1n) is 10.2. The van der Waals surface area contributed by atoms with Crippen LogP contribution in [0.4, 0.5) is 0 Å². The van der Waals surface area contributed by atoms with Gasteiger partial charge in [-0.3, -0.25) is 0 Å². The number of H-pyrrole nitrogens is 1. The Bertz CT molecular complexity index is 1340. The molecule has 6 heteroatoms. The Hall–Kier alpha value is -3.20. The Morgan fingerprint density at radius 2 is 1.58 bits per heavy atom.